The number of carbonyl (C=O) groups excluding carboxylic acids is 2. The Hall–Kier alpha value is -3.94. The van der Waals surface area contributed by atoms with Crippen LogP contribution in [0, 0.1) is 0 Å². The highest BCUT2D eigenvalue weighted by Crippen LogP contribution is 2.33. The highest BCUT2D eigenvalue weighted by molar-refractivity contribution is 6.36. The average Bonchev–Trinajstić information content (AvgIpc) is 3.28. The van der Waals surface area contributed by atoms with Crippen molar-refractivity contribution in [1.82, 2.24) is 0 Å². The topological polar surface area (TPSA) is 89.8 Å². The largest absolute Gasteiger partial charge is 0.495 e. The number of ether oxygens (including phenoxy) is 2. The number of methoxy groups -OCH3 is 2. The van der Waals surface area contributed by atoms with Crippen LogP contribution in [0.15, 0.2) is 71.2 Å². The van der Waals surface area contributed by atoms with Crippen LogP contribution in [0.3, 0.4) is 0 Å². The summed E-state index contributed by atoms with van der Waals surface area (Å²) in [6, 6.07) is 17.1. The summed E-state index contributed by atoms with van der Waals surface area (Å²) in [6.45, 7) is 0. The van der Waals surface area contributed by atoms with Crippen molar-refractivity contribution in [2.45, 2.75) is 0 Å². The summed E-state index contributed by atoms with van der Waals surface area (Å²) in [7, 11) is 2.94. The molecule has 1 heterocycles. The van der Waals surface area contributed by atoms with Gasteiger partial charge in [0.25, 0.3) is 5.91 Å². The number of carbonyl (C=O) groups is 2. The fourth-order valence-corrected chi connectivity index (χ4v) is 4.01. The zero-order valence-corrected chi connectivity index (χ0v) is 20.2. The summed E-state index contributed by atoms with van der Waals surface area (Å²) in [4.78, 5) is 25.1. The van der Waals surface area contributed by atoms with E-state index in [4.69, 9.17) is 37.1 Å². The molecule has 3 aromatic carbocycles. The van der Waals surface area contributed by atoms with Crippen LogP contribution < -0.4 is 20.1 Å². The second-order valence-corrected chi connectivity index (χ2v) is 8.19. The fourth-order valence-electron chi connectivity index (χ4n) is 3.42. The summed E-state index contributed by atoms with van der Waals surface area (Å²) in [5, 5.41) is 7.09. The van der Waals surface area contributed by atoms with Gasteiger partial charge in [-0.3, -0.25) is 9.59 Å². The van der Waals surface area contributed by atoms with Crippen LogP contribution in [-0.2, 0) is 4.79 Å². The van der Waals surface area contributed by atoms with Crippen LogP contribution in [0.1, 0.15) is 16.1 Å². The molecule has 9 heteroatoms. The Morgan fingerprint density at radius 2 is 1.74 bits per heavy atom. The van der Waals surface area contributed by atoms with Crippen molar-refractivity contribution in [3.05, 3.63) is 88.1 Å². The van der Waals surface area contributed by atoms with E-state index in [-0.39, 0.29) is 5.76 Å². The number of halogens is 2. The van der Waals surface area contributed by atoms with E-state index in [0.29, 0.717) is 44.1 Å². The molecule has 35 heavy (non-hydrogen) atoms. The standard InChI is InChI=1S/C26H20Cl2N2O5/c1-33-22-14-18(29-24(31)10-7-16-11-17(27)13-19(28)25(16)34-2)8-9-20(22)30-26(32)23-12-15-5-3-4-6-21(15)35-23/h3-14H,1-2H3,(H,29,31)(H,30,32)/b10-7+. The number of anilines is 2. The van der Waals surface area contributed by atoms with E-state index in [0.717, 1.165) is 5.39 Å². The van der Waals surface area contributed by atoms with Gasteiger partial charge in [0.1, 0.15) is 17.1 Å². The van der Waals surface area contributed by atoms with Gasteiger partial charge >= 0.3 is 0 Å². The number of rotatable bonds is 7. The lowest BCUT2D eigenvalue weighted by Crippen LogP contribution is -2.12. The molecule has 0 atom stereocenters. The molecule has 0 aliphatic heterocycles. The van der Waals surface area contributed by atoms with Crippen molar-refractivity contribution >= 4 is 63.4 Å². The van der Waals surface area contributed by atoms with Gasteiger partial charge in [-0.2, -0.15) is 0 Å². The Kier molecular flexibility index (Phi) is 7.29. The smallest absolute Gasteiger partial charge is 0.291 e. The minimum Gasteiger partial charge on any atom is -0.495 e. The molecule has 2 N–H and O–H groups in total. The maximum atomic E-state index is 12.7. The number of nitrogens with one attached hydrogen (secondary N) is 2. The van der Waals surface area contributed by atoms with Crippen molar-refractivity contribution in [2.24, 2.45) is 0 Å². The summed E-state index contributed by atoms with van der Waals surface area (Å²) in [6.07, 6.45) is 2.87. The van der Waals surface area contributed by atoms with Crippen LogP contribution >= 0.6 is 23.2 Å². The number of benzene rings is 3. The molecule has 0 aliphatic rings. The third-order valence-electron chi connectivity index (χ3n) is 5.02. The van der Waals surface area contributed by atoms with Gasteiger partial charge in [0.2, 0.25) is 5.91 Å². The highest BCUT2D eigenvalue weighted by Gasteiger charge is 2.15. The monoisotopic (exact) mass is 510 g/mol. The first-order valence-electron chi connectivity index (χ1n) is 10.4. The molecule has 0 bridgehead atoms. The minimum absolute atomic E-state index is 0.173. The van der Waals surface area contributed by atoms with Crippen LogP contribution in [0.25, 0.3) is 17.0 Å². The van der Waals surface area contributed by atoms with E-state index in [1.165, 1.54) is 20.3 Å². The van der Waals surface area contributed by atoms with Crippen molar-refractivity contribution < 1.29 is 23.5 Å². The van der Waals surface area contributed by atoms with E-state index in [1.54, 1.807) is 48.5 Å². The lowest BCUT2D eigenvalue weighted by molar-refractivity contribution is -0.111. The Balaban J connectivity index is 1.47. The fraction of sp³-hybridized carbons (Fsp3) is 0.0769. The van der Waals surface area contributed by atoms with Crippen molar-refractivity contribution in [3.8, 4) is 11.5 Å². The minimum atomic E-state index is -0.423. The van der Waals surface area contributed by atoms with Crippen LogP contribution in [0.4, 0.5) is 11.4 Å². The third kappa shape index (κ3) is 5.59. The molecule has 0 spiro atoms. The molecular weight excluding hydrogens is 491 g/mol. The number of fused-ring (bicyclic) bond motifs is 1. The second kappa shape index (κ2) is 10.5. The van der Waals surface area contributed by atoms with Gasteiger partial charge in [0.15, 0.2) is 5.76 Å². The molecular formula is C26H20Cl2N2O5. The maximum Gasteiger partial charge on any atom is 0.291 e. The Morgan fingerprint density at radius 3 is 2.49 bits per heavy atom. The summed E-state index contributed by atoms with van der Waals surface area (Å²) in [5.74, 6) is 0.121. The van der Waals surface area contributed by atoms with Gasteiger partial charge < -0.3 is 24.5 Å². The first-order chi connectivity index (χ1) is 16.9. The molecule has 0 fully saturated rings. The van der Waals surface area contributed by atoms with Gasteiger partial charge in [-0.1, -0.05) is 41.4 Å². The number of furan rings is 1. The van der Waals surface area contributed by atoms with Gasteiger partial charge in [0, 0.05) is 33.8 Å². The molecule has 178 valence electrons. The average molecular weight is 511 g/mol. The Morgan fingerprint density at radius 1 is 0.943 bits per heavy atom. The number of amides is 2. The zero-order valence-electron chi connectivity index (χ0n) is 18.7. The number of para-hydroxylation sites is 1. The van der Waals surface area contributed by atoms with Crippen molar-refractivity contribution in [1.29, 1.82) is 0 Å². The van der Waals surface area contributed by atoms with Gasteiger partial charge in [0.05, 0.1) is 24.9 Å². The van der Waals surface area contributed by atoms with Crippen LogP contribution in [0.2, 0.25) is 10.0 Å². The van der Waals surface area contributed by atoms with E-state index < -0.39 is 11.8 Å². The normalized spacial score (nSPS) is 11.0. The van der Waals surface area contributed by atoms with E-state index in [9.17, 15) is 9.59 Å². The molecule has 4 rings (SSSR count). The molecule has 1 aromatic heterocycles. The van der Waals surface area contributed by atoms with Crippen molar-refractivity contribution in [3.63, 3.8) is 0 Å². The predicted molar refractivity (Wildman–Crippen MR) is 138 cm³/mol. The lowest BCUT2D eigenvalue weighted by Gasteiger charge is -2.12. The summed E-state index contributed by atoms with van der Waals surface area (Å²) >= 11 is 12.2. The molecule has 2 amide bonds. The quantitative estimate of drug-likeness (QED) is 0.271. The zero-order chi connectivity index (χ0) is 24.9. The summed E-state index contributed by atoms with van der Waals surface area (Å²) < 4.78 is 16.3. The molecule has 0 saturated heterocycles. The molecule has 0 unspecified atom stereocenters. The predicted octanol–water partition coefficient (Wildman–Crippen LogP) is 6.66. The molecule has 0 aliphatic carbocycles. The number of hydrogen-bond donors (Lipinski definition) is 2. The first kappa shape index (κ1) is 24.2. The van der Waals surface area contributed by atoms with E-state index >= 15 is 0 Å². The van der Waals surface area contributed by atoms with Crippen molar-refractivity contribution in [2.75, 3.05) is 24.9 Å². The highest BCUT2D eigenvalue weighted by atomic mass is 35.5. The molecule has 7 nitrogen and oxygen atoms in total. The van der Waals surface area contributed by atoms with Crippen LogP contribution in [0.5, 0.6) is 11.5 Å². The second-order valence-electron chi connectivity index (χ2n) is 7.35. The Bertz CT molecular complexity index is 1410. The first-order valence-corrected chi connectivity index (χ1v) is 11.1. The summed E-state index contributed by atoms with van der Waals surface area (Å²) in [5.41, 5.74) is 2.06. The van der Waals surface area contributed by atoms with Gasteiger partial charge in [-0.15, -0.1) is 0 Å². The lowest BCUT2D eigenvalue weighted by atomic mass is 10.2. The maximum absolute atomic E-state index is 12.7. The molecule has 0 saturated carbocycles. The third-order valence-corrected chi connectivity index (χ3v) is 5.52. The number of hydrogen-bond acceptors (Lipinski definition) is 5. The Labute approximate surface area is 211 Å². The molecule has 0 radical (unpaired) electrons. The van der Waals surface area contributed by atoms with Crippen LogP contribution in [-0.4, -0.2) is 26.0 Å². The SMILES string of the molecule is COc1cc(NC(=O)/C=C/c2cc(Cl)cc(Cl)c2OC)ccc1NC(=O)c1cc2ccccc2o1. The van der Waals surface area contributed by atoms with Gasteiger partial charge in [-0.25, -0.2) is 0 Å². The van der Waals surface area contributed by atoms with Gasteiger partial charge in [-0.05, 0) is 42.5 Å². The van der Waals surface area contributed by atoms with E-state index in [2.05, 4.69) is 10.6 Å². The molecule has 4 aromatic rings. The van der Waals surface area contributed by atoms with E-state index in [1.807, 2.05) is 18.2 Å².